The molecule has 2 heterocycles. The summed E-state index contributed by atoms with van der Waals surface area (Å²) < 4.78 is 33.5. The number of rotatable bonds is 5. The number of hydrogen-bond donors (Lipinski definition) is 1. The molecule has 162 valence electrons. The standard InChI is InChI=1S/C21H30F2N2O3S/c1-13(2)21(14(3)4)12-29-17-6-5-16(18(26)25(17)21)24-19(27)28-11-15-7-9-20(22,23)10-8-15/h5-6,13-15H,7-12H2,1-4H3,(H,24,27). The maximum Gasteiger partial charge on any atom is 0.411 e. The third-order valence-corrected chi connectivity index (χ3v) is 7.66. The fourth-order valence-corrected chi connectivity index (χ4v) is 6.22. The Morgan fingerprint density at radius 2 is 1.86 bits per heavy atom. The van der Waals surface area contributed by atoms with Gasteiger partial charge in [0.1, 0.15) is 5.69 Å². The molecule has 1 amide bonds. The number of halogens is 2. The van der Waals surface area contributed by atoms with E-state index in [2.05, 4.69) is 33.0 Å². The van der Waals surface area contributed by atoms with Gasteiger partial charge in [-0.25, -0.2) is 13.6 Å². The third kappa shape index (κ3) is 4.32. The number of ether oxygens (including phenoxy) is 1. The zero-order valence-corrected chi connectivity index (χ0v) is 18.3. The maximum atomic E-state index is 13.2. The number of aromatic nitrogens is 1. The molecule has 1 aliphatic heterocycles. The van der Waals surface area contributed by atoms with Gasteiger partial charge >= 0.3 is 6.09 Å². The minimum atomic E-state index is -2.60. The molecule has 29 heavy (non-hydrogen) atoms. The summed E-state index contributed by atoms with van der Waals surface area (Å²) in [5, 5.41) is 3.46. The highest BCUT2D eigenvalue weighted by molar-refractivity contribution is 7.99. The number of fused-ring (bicyclic) bond motifs is 1. The SMILES string of the molecule is CC(C)C1(C(C)C)CSc2ccc(NC(=O)OCC3CCC(F)(F)CC3)c(=O)n21. The number of nitrogens with one attached hydrogen (secondary N) is 1. The smallest absolute Gasteiger partial charge is 0.411 e. The zero-order valence-electron chi connectivity index (χ0n) is 17.5. The first kappa shape index (κ1) is 22.1. The fourth-order valence-electron chi connectivity index (χ4n) is 4.50. The van der Waals surface area contributed by atoms with Gasteiger partial charge in [-0.15, -0.1) is 11.8 Å². The number of amides is 1. The Kier molecular flexibility index (Phi) is 6.32. The van der Waals surface area contributed by atoms with Gasteiger partial charge in [0.25, 0.3) is 5.56 Å². The number of carbonyl (C=O) groups is 1. The zero-order chi connectivity index (χ0) is 21.4. The van der Waals surface area contributed by atoms with Crippen LogP contribution in [-0.2, 0) is 10.3 Å². The van der Waals surface area contributed by atoms with Crippen molar-refractivity contribution < 1.29 is 18.3 Å². The van der Waals surface area contributed by atoms with E-state index in [1.54, 1.807) is 17.8 Å². The molecule has 2 aliphatic rings. The van der Waals surface area contributed by atoms with Crippen LogP contribution in [-0.4, -0.2) is 28.9 Å². The summed E-state index contributed by atoms with van der Waals surface area (Å²) in [6, 6.07) is 3.47. The van der Waals surface area contributed by atoms with E-state index in [1.165, 1.54) is 0 Å². The molecule has 0 radical (unpaired) electrons. The molecule has 0 spiro atoms. The highest BCUT2D eigenvalue weighted by Crippen LogP contribution is 2.46. The number of nitrogens with zero attached hydrogens (tertiary/aromatic N) is 1. The average Bonchev–Trinajstić information content (AvgIpc) is 3.05. The summed E-state index contributed by atoms with van der Waals surface area (Å²) in [5.41, 5.74) is -0.363. The molecule has 8 heteroatoms. The average molecular weight is 429 g/mol. The molecule has 5 nitrogen and oxygen atoms in total. The molecule has 1 aliphatic carbocycles. The van der Waals surface area contributed by atoms with E-state index in [9.17, 15) is 18.4 Å². The summed E-state index contributed by atoms with van der Waals surface area (Å²) in [4.78, 5) is 25.4. The number of pyridine rings is 1. The van der Waals surface area contributed by atoms with Crippen LogP contribution in [0.2, 0.25) is 0 Å². The molecule has 0 aromatic carbocycles. The van der Waals surface area contributed by atoms with Crippen LogP contribution in [0.3, 0.4) is 0 Å². The largest absolute Gasteiger partial charge is 0.449 e. The van der Waals surface area contributed by atoms with E-state index in [-0.39, 0.29) is 54.0 Å². The second-order valence-corrected chi connectivity index (χ2v) is 9.83. The lowest BCUT2D eigenvalue weighted by Crippen LogP contribution is -2.49. The second-order valence-electron chi connectivity index (χ2n) is 8.84. The molecule has 3 rings (SSSR count). The van der Waals surface area contributed by atoms with Gasteiger partial charge in [-0.3, -0.25) is 14.7 Å². The molecule has 0 bridgehead atoms. The number of thioether (sulfide) groups is 1. The van der Waals surface area contributed by atoms with E-state index in [1.807, 2.05) is 10.6 Å². The van der Waals surface area contributed by atoms with Crippen molar-refractivity contribution in [3.05, 3.63) is 22.5 Å². The van der Waals surface area contributed by atoms with Crippen molar-refractivity contribution in [2.24, 2.45) is 17.8 Å². The van der Waals surface area contributed by atoms with Crippen molar-refractivity contribution in [2.45, 2.75) is 69.9 Å². The molecule has 1 aromatic heterocycles. The van der Waals surface area contributed by atoms with Gasteiger partial charge in [-0.2, -0.15) is 0 Å². The number of alkyl halides is 2. The van der Waals surface area contributed by atoms with Crippen LogP contribution < -0.4 is 10.9 Å². The van der Waals surface area contributed by atoms with Gasteiger partial charge in [0, 0.05) is 18.6 Å². The summed E-state index contributed by atoms with van der Waals surface area (Å²) in [7, 11) is 0. The second kappa shape index (κ2) is 8.28. The monoisotopic (exact) mass is 428 g/mol. The Morgan fingerprint density at radius 3 is 2.45 bits per heavy atom. The fraction of sp³-hybridized carbons (Fsp3) is 0.714. The van der Waals surface area contributed by atoms with Gasteiger partial charge < -0.3 is 4.74 Å². The molecular formula is C21H30F2N2O3S. The third-order valence-electron chi connectivity index (χ3n) is 6.44. The Morgan fingerprint density at radius 1 is 1.24 bits per heavy atom. The summed E-state index contributed by atoms with van der Waals surface area (Å²) >= 11 is 1.66. The van der Waals surface area contributed by atoms with Crippen LogP contribution in [0, 0.1) is 17.8 Å². The first-order valence-electron chi connectivity index (χ1n) is 10.3. The molecule has 0 unspecified atom stereocenters. The predicted octanol–water partition coefficient (Wildman–Crippen LogP) is 5.34. The van der Waals surface area contributed by atoms with Gasteiger partial charge in [0.05, 0.1) is 17.2 Å². The van der Waals surface area contributed by atoms with Crippen molar-refractivity contribution in [1.29, 1.82) is 0 Å². The van der Waals surface area contributed by atoms with E-state index >= 15 is 0 Å². The molecular weight excluding hydrogens is 398 g/mol. The minimum Gasteiger partial charge on any atom is -0.449 e. The summed E-state index contributed by atoms with van der Waals surface area (Å²) in [6.45, 7) is 8.55. The van der Waals surface area contributed by atoms with Crippen LogP contribution >= 0.6 is 11.8 Å². The van der Waals surface area contributed by atoms with Crippen LogP contribution in [0.5, 0.6) is 0 Å². The normalized spacial score (nSPS) is 20.7. The molecule has 1 N–H and O–H groups in total. The molecule has 0 saturated heterocycles. The van der Waals surface area contributed by atoms with Crippen LogP contribution in [0.1, 0.15) is 53.4 Å². The highest BCUT2D eigenvalue weighted by Gasteiger charge is 2.45. The lowest BCUT2D eigenvalue weighted by molar-refractivity contribution is -0.0512. The highest BCUT2D eigenvalue weighted by atomic mass is 32.2. The van der Waals surface area contributed by atoms with E-state index in [0.717, 1.165) is 10.8 Å². The first-order chi connectivity index (χ1) is 13.6. The Bertz CT molecular complexity index is 805. The van der Waals surface area contributed by atoms with Crippen molar-refractivity contribution in [3.8, 4) is 0 Å². The van der Waals surface area contributed by atoms with Crippen LogP contribution in [0.4, 0.5) is 19.3 Å². The maximum absolute atomic E-state index is 13.2. The van der Waals surface area contributed by atoms with Crippen LogP contribution in [0.15, 0.2) is 22.0 Å². The van der Waals surface area contributed by atoms with Crippen molar-refractivity contribution >= 4 is 23.5 Å². The minimum absolute atomic E-state index is 0.0626. The molecule has 1 fully saturated rings. The Balaban J connectivity index is 1.70. The lowest BCUT2D eigenvalue weighted by atomic mass is 9.78. The topological polar surface area (TPSA) is 60.3 Å². The van der Waals surface area contributed by atoms with E-state index in [0.29, 0.717) is 12.8 Å². The predicted molar refractivity (Wildman–Crippen MR) is 111 cm³/mol. The van der Waals surface area contributed by atoms with Crippen molar-refractivity contribution in [1.82, 2.24) is 4.57 Å². The summed E-state index contributed by atoms with van der Waals surface area (Å²) in [5.74, 6) is -1.35. The van der Waals surface area contributed by atoms with Gasteiger partial charge in [-0.1, -0.05) is 27.7 Å². The van der Waals surface area contributed by atoms with Crippen molar-refractivity contribution in [3.63, 3.8) is 0 Å². The quantitative estimate of drug-likeness (QED) is 0.688. The molecule has 0 atom stereocenters. The summed E-state index contributed by atoms with van der Waals surface area (Å²) in [6.07, 6.45) is -0.377. The molecule has 1 saturated carbocycles. The number of carbonyl (C=O) groups excluding carboxylic acids is 1. The Hall–Kier alpha value is -1.57. The Labute approximate surface area is 174 Å². The number of anilines is 1. The van der Waals surface area contributed by atoms with E-state index in [4.69, 9.17) is 4.74 Å². The first-order valence-corrected chi connectivity index (χ1v) is 11.3. The van der Waals surface area contributed by atoms with E-state index < -0.39 is 12.0 Å². The lowest BCUT2D eigenvalue weighted by Gasteiger charge is -2.39. The number of hydrogen-bond acceptors (Lipinski definition) is 4. The van der Waals surface area contributed by atoms with Gasteiger partial charge in [-0.05, 0) is 42.7 Å². The van der Waals surface area contributed by atoms with Crippen molar-refractivity contribution in [2.75, 3.05) is 17.7 Å². The van der Waals surface area contributed by atoms with Gasteiger partial charge in [0.15, 0.2) is 0 Å². The molecule has 1 aromatic rings. The van der Waals surface area contributed by atoms with Crippen LogP contribution in [0.25, 0.3) is 0 Å². The van der Waals surface area contributed by atoms with Gasteiger partial charge in [0.2, 0.25) is 5.92 Å².